The largest absolute Gasteiger partial charge is 0.497 e. The van der Waals surface area contributed by atoms with Crippen LogP contribution in [0.3, 0.4) is 0 Å². The minimum Gasteiger partial charge on any atom is -0.497 e. The summed E-state index contributed by atoms with van der Waals surface area (Å²) in [5, 5.41) is 2.83. The Balaban J connectivity index is 2.26. The van der Waals surface area contributed by atoms with E-state index in [9.17, 15) is 4.79 Å². The van der Waals surface area contributed by atoms with Gasteiger partial charge in [-0.1, -0.05) is 0 Å². The summed E-state index contributed by atoms with van der Waals surface area (Å²) >= 11 is 3.39. The van der Waals surface area contributed by atoms with Crippen LogP contribution in [-0.4, -0.2) is 13.0 Å². The maximum atomic E-state index is 12.2. The van der Waals surface area contributed by atoms with Gasteiger partial charge in [-0.05, 0) is 48.0 Å². The molecule has 4 nitrogen and oxygen atoms in total. The third kappa shape index (κ3) is 2.98. The number of hydrogen-bond acceptors (Lipinski definition) is 3. The van der Waals surface area contributed by atoms with Crippen molar-refractivity contribution in [2.24, 2.45) is 0 Å². The first kappa shape index (κ1) is 13.7. The van der Waals surface area contributed by atoms with Crippen molar-refractivity contribution in [2.75, 3.05) is 12.4 Å². The van der Waals surface area contributed by atoms with Crippen LogP contribution >= 0.6 is 15.9 Å². The van der Waals surface area contributed by atoms with Crippen molar-refractivity contribution in [1.82, 2.24) is 0 Å². The normalized spacial score (nSPS) is 10.3. The Labute approximate surface area is 119 Å². The number of amides is 1. The first-order chi connectivity index (χ1) is 9.01. The lowest BCUT2D eigenvalue weighted by Gasteiger charge is -2.08. The Kier molecular flexibility index (Phi) is 3.95. The Bertz CT molecular complexity index is 619. The first-order valence-corrected chi connectivity index (χ1v) is 6.52. The third-order valence-corrected chi connectivity index (χ3v) is 3.40. The van der Waals surface area contributed by atoms with Gasteiger partial charge in [-0.25, -0.2) is 0 Å². The Morgan fingerprint density at radius 2 is 2.05 bits per heavy atom. The predicted octanol–water partition coefficient (Wildman–Crippen LogP) is 3.92. The molecule has 0 spiro atoms. The summed E-state index contributed by atoms with van der Waals surface area (Å²) in [6, 6.07) is 7.11. The van der Waals surface area contributed by atoms with Gasteiger partial charge in [0.1, 0.15) is 17.3 Å². The highest BCUT2D eigenvalue weighted by Gasteiger charge is 2.15. The molecule has 0 atom stereocenters. The lowest BCUT2D eigenvalue weighted by atomic mass is 10.2. The summed E-state index contributed by atoms with van der Waals surface area (Å²) < 4.78 is 11.3. The van der Waals surface area contributed by atoms with Crippen molar-refractivity contribution in [3.63, 3.8) is 0 Å². The third-order valence-electron chi connectivity index (χ3n) is 2.71. The van der Waals surface area contributed by atoms with E-state index < -0.39 is 0 Å². The van der Waals surface area contributed by atoms with Crippen molar-refractivity contribution >= 4 is 27.5 Å². The quantitative estimate of drug-likeness (QED) is 0.931. The van der Waals surface area contributed by atoms with E-state index in [0.717, 1.165) is 4.47 Å². The van der Waals surface area contributed by atoms with E-state index in [1.807, 2.05) is 19.1 Å². The second-order valence-corrected chi connectivity index (χ2v) is 4.98. The van der Waals surface area contributed by atoms with Crippen LogP contribution in [-0.2, 0) is 0 Å². The lowest BCUT2D eigenvalue weighted by Crippen LogP contribution is -2.12. The van der Waals surface area contributed by atoms with Crippen LogP contribution in [0.4, 0.5) is 5.69 Å². The molecule has 19 heavy (non-hydrogen) atoms. The molecule has 0 bridgehead atoms. The summed E-state index contributed by atoms with van der Waals surface area (Å²) in [6.45, 7) is 3.58. The van der Waals surface area contributed by atoms with E-state index in [-0.39, 0.29) is 5.91 Å². The van der Waals surface area contributed by atoms with Crippen LogP contribution in [0.15, 0.2) is 33.2 Å². The summed E-state index contributed by atoms with van der Waals surface area (Å²) in [6.07, 6.45) is 0. The molecule has 2 aromatic rings. The monoisotopic (exact) mass is 323 g/mol. The Morgan fingerprint density at radius 1 is 1.32 bits per heavy atom. The molecule has 1 aromatic carbocycles. The summed E-state index contributed by atoms with van der Waals surface area (Å²) in [7, 11) is 1.58. The summed E-state index contributed by atoms with van der Waals surface area (Å²) in [5.41, 5.74) is 1.19. The number of aryl methyl sites for hydroxylation is 2. The number of anilines is 1. The number of methoxy groups -OCH3 is 1. The zero-order valence-electron chi connectivity index (χ0n) is 10.9. The van der Waals surface area contributed by atoms with Crippen LogP contribution in [0.2, 0.25) is 0 Å². The highest BCUT2D eigenvalue weighted by atomic mass is 79.9. The first-order valence-electron chi connectivity index (χ1n) is 5.73. The van der Waals surface area contributed by atoms with Gasteiger partial charge < -0.3 is 14.5 Å². The second kappa shape index (κ2) is 5.48. The van der Waals surface area contributed by atoms with Gasteiger partial charge in [0.05, 0.1) is 18.4 Å². The molecule has 0 unspecified atom stereocenters. The van der Waals surface area contributed by atoms with Gasteiger partial charge in [0.15, 0.2) is 0 Å². The van der Waals surface area contributed by atoms with Gasteiger partial charge in [0.25, 0.3) is 5.91 Å². The molecule has 0 aliphatic carbocycles. The molecule has 0 fully saturated rings. The SMILES string of the molecule is COc1ccc(Br)c(NC(=O)c2cc(C)oc2C)c1. The van der Waals surface area contributed by atoms with Crippen molar-refractivity contribution in [1.29, 1.82) is 0 Å². The molecule has 5 heteroatoms. The van der Waals surface area contributed by atoms with Gasteiger partial charge >= 0.3 is 0 Å². The topological polar surface area (TPSA) is 51.5 Å². The molecule has 0 saturated carbocycles. The van der Waals surface area contributed by atoms with Crippen molar-refractivity contribution in [3.05, 3.63) is 45.8 Å². The van der Waals surface area contributed by atoms with Crippen LogP contribution in [0.1, 0.15) is 21.9 Å². The molecular weight excluding hydrogens is 310 g/mol. The highest BCUT2D eigenvalue weighted by molar-refractivity contribution is 9.10. The maximum absolute atomic E-state index is 12.2. The van der Waals surface area contributed by atoms with Gasteiger partial charge in [-0.15, -0.1) is 0 Å². The molecule has 2 rings (SSSR count). The van der Waals surface area contributed by atoms with E-state index >= 15 is 0 Å². The van der Waals surface area contributed by atoms with Crippen LogP contribution in [0, 0.1) is 13.8 Å². The van der Waals surface area contributed by atoms with E-state index in [1.165, 1.54) is 0 Å². The van der Waals surface area contributed by atoms with Gasteiger partial charge in [-0.3, -0.25) is 4.79 Å². The molecule has 0 saturated heterocycles. The number of ether oxygens (including phenoxy) is 1. The minimum absolute atomic E-state index is 0.205. The standard InChI is InChI=1S/C14H14BrNO3/c1-8-6-11(9(2)19-8)14(17)16-13-7-10(18-3)4-5-12(13)15/h4-7H,1-3H3,(H,16,17). The molecule has 0 aliphatic heterocycles. The Morgan fingerprint density at radius 3 is 2.63 bits per heavy atom. The highest BCUT2D eigenvalue weighted by Crippen LogP contribution is 2.28. The number of benzene rings is 1. The zero-order chi connectivity index (χ0) is 14.0. The van der Waals surface area contributed by atoms with Gasteiger partial charge in [0.2, 0.25) is 0 Å². The van der Waals surface area contributed by atoms with E-state index in [0.29, 0.717) is 28.5 Å². The van der Waals surface area contributed by atoms with E-state index in [2.05, 4.69) is 21.2 Å². The minimum atomic E-state index is -0.205. The second-order valence-electron chi connectivity index (χ2n) is 4.13. The molecular formula is C14H14BrNO3. The number of nitrogens with one attached hydrogen (secondary N) is 1. The average molecular weight is 324 g/mol. The average Bonchev–Trinajstić information content (AvgIpc) is 2.71. The van der Waals surface area contributed by atoms with Crippen LogP contribution in [0.5, 0.6) is 5.75 Å². The van der Waals surface area contributed by atoms with Crippen molar-refractivity contribution in [3.8, 4) is 5.75 Å². The number of carbonyl (C=O) groups is 1. The molecule has 1 heterocycles. The molecule has 1 N–H and O–H groups in total. The number of hydrogen-bond donors (Lipinski definition) is 1. The Hall–Kier alpha value is -1.75. The van der Waals surface area contributed by atoms with Gasteiger partial charge in [0, 0.05) is 10.5 Å². The summed E-state index contributed by atoms with van der Waals surface area (Å²) in [5.74, 6) is 1.79. The van der Waals surface area contributed by atoms with Crippen molar-refractivity contribution in [2.45, 2.75) is 13.8 Å². The van der Waals surface area contributed by atoms with Gasteiger partial charge in [-0.2, -0.15) is 0 Å². The number of halogens is 1. The van der Waals surface area contributed by atoms with Crippen LogP contribution in [0.25, 0.3) is 0 Å². The lowest BCUT2D eigenvalue weighted by molar-refractivity contribution is 0.102. The molecule has 0 aliphatic rings. The molecule has 100 valence electrons. The van der Waals surface area contributed by atoms with E-state index in [4.69, 9.17) is 9.15 Å². The predicted molar refractivity (Wildman–Crippen MR) is 76.8 cm³/mol. The molecule has 1 amide bonds. The number of carbonyl (C=O) groups excluding carboxylic acids is 1. The molecule has 0 radical (unpaired) electrons. The fraction of sp³-hybridized carbons (Fsp3) is 0.214. The zero-order valence-corrected chi connectivity index (χ0v) is 12.5. The fourth-order valence-electron chi connectivity index (χ4n) is 1.77. The number of rotatable bonds is 3. The smallest absolute Gasteiger partial charge is 0.259 e. The number of furan rings is 1. The van der Waals surface area contributed by atoms with E-state index in [1.54, 1.807) is 26.2 Å². The summed E-state index contributed by atoms with van der Waals surface area (Å²) in [4.78, 5) is 12.2. The fourth-order valence-corrected chi connectivity index (χ4v) is 2.12. The molecule has 1 aromatic heterocycles. The maximum Gasteiger partial charge on any atom is 0.259 e. The van der Waals surface area contributed by atoms with Crippen molar-refractivity contribution < 1.29 is 13.9 Å². The van der Waals surface area contributed by atoms with Crippen LogP contribution < -0.4 is 10.1 Å².